The third-order valence-electron chi connectivity index (χ3n) is 6.94. The molecule has 5 N–H and O–H groups in total. The molecular formula is C29H46N2O4. The van der Waals surface area contributed by atoms with Gasteiger partial charge in [-0.1, -0.05) is 90.7 Å². The molecule has 1 aliphatic heterocycles. The van der Waals surface area contributed by atoms with E-state index in [1.165, 1.54) is 44.6 Å². The van der Waals surface area contributed by atoms with E-state index in [-0.39, 0.29) is 17.5 Å². The normalized spacial score (nSPS) is 18.7. The number of rotatable bonds is 17. The maximum Gasteiger partial charge on any atom is 0.285 e. The van der Waals surface area contributed by atoms with Gasteiger partial charge in [-0.2, -0.15) is 0 Å². The number of aliphatic hydroxyl groups is 2. The van der Waals surface area contributed by atoms with E-state index in [0.717, 1.165) is 43.8 Å². The molecule has 6 nitrogen and oxygen atoms in total. The number of ether oxygens (including phenoxy) is 2. The number of hydrogen-bond donors (Lipinski definition) is 4. The average molecular weight is 487 g/mol. The fourth-order valence-electron chi connectivity index (χ4n) is 4.34. The van der Waals surface area contributed by atoms with Gasteiger partial charge in [0.2, 0.25) is 5.60 Å². The van der Waals surface area contributed by atoms with Crippen LogP contribution in [0.1, 0.15) is 103 Å². The summed E-state index contributed by atoms with van der Waals surface area (Å²) in [6.07, 6.45) is 14.5. The SMILES string of the molecule is CCCCCCCCC1=C(O)O[C@](C(=N)N)(c2ccc(OCCCCCC(C)CC)cc2)C=C1O. The smallest absolute Gasteiger partial charge is 0.285 e. The van der Waals surface area contributed by atoms with Gasteiger partial charge in [-0.05, 0) is 37.3 Å². The maximum absolute atomic E-state index is 10.7. The summed E-state index contributed by atoms with van der Waals surface area (Å²) in [5.41, 5.74) is 5.27. The van der Waals surface area contributed by atoms with Crippen molar-refractivity contribution >= 4 is 5.84 Å². The van der Waals surface area contributed by atoms with Crippen molar-refractivity contribution in [1.82, 2.24) is 0 Å². The van der Waals surface area contributed by atoms with E-state index in [1.807, 2.05) is 0 Å². The number of nitrogens with one attached hydrogen (secondary N) is 1. The summed E-state index contributed by atoms with van der Waals surface area (Å²) >= 11 is 0. The summed E-state index contributed by atoms with van der Waals surface area (Å²) < 4.78 is 11.7. The van der Waals surface area contributed by atoms with Gasteiger partial charge >= 0.3 is 0 Å². The Morgan fingerprint density at radius 2 is 1.66 bits per heavy atom. The van der Waals surface area contributed by atoms with Crippen LogP contribution in [0, 0.1) is 11.3 Å². The fourth-order valence-corrected chi connectivity index (χ4v) is 4.34. The Bertz CT molecular complexity index is 847. The highest BCUT2D eigenvalue weighted by atomic mass is 16.6. The van der Waals surface area contributed by atoms with Gasteiger partial charge in [0.25, 0.3) is 5.95 Å². The Kier molecular flexibility index (Phi) is 12.0. The van der Waals surface area contributed by atoms with Crippen molar-refractivity contribution in [2.75, 3.05) is 6.61 Å². The first-order valence-corrected chi connectivity index (χ1v) is 13.4. The fraction of sp³-hybridized carbons (Fsp3) is 0.621. The average Bonchev–Trinajstić information content (AvgIpc) is 2.84. The molecule has 1 aromatic rings. The number of allylic oxidation sites excluding steroid dienone is 1. The minimum atomic E-state index is -1.55. The molecule has 1 unspecified atom stereocenters. The summed E-state index contributed by atoms with van der Waals surface area (Å²) in [6, 6.07) is 7.13. The van der Waals surface area contributed by atoms with Crippen LogP contribution in [0.2, 0.25) is 0 Å². The van der Waals surface area contributed by atoms with E-state index in [2.05, 4.69) is 20.8 Å². The third-order valence-corrected chi connectivity index (χ3v) is 6.94. The van der Waals surface area contributed by atoms with E-state index < -0.39 is 5.60 Å². The van der Waals surface area contributed by atoms with Crippen LogP contribution in [0.5, 0.6) is 5.75 Å². The lowest BCUT2D eigenvalue weighted by Gasteiger charge is -2.34. The Morgan fingerprint density at radius 1 is 1.00 bits per heavy atom. The Labute approximate surface area is 211 Å². The van der Waals surface area contributed by atoms with Crippen molar-refractivity contribution in [3.05, 3.63) is 53.2 Å². The molecule has 0 saturated heterocycles. The Hall–Kier alpha value is -2.63. The molecule has 6 heteroatoms. The van der Waals surface area contributed by atoms with Crippen LogP contribution in [-0.4, -0.2) is 22.7 Å². The lowest BCUT2D eigenvalue weighted by Crippen LogP contribution is -2.43. The van der Waals surface area contributed by atoms with Gasteiger partial charge in [0.05, 0.1) is 12.2 Å². The van der Waals surface area contributed by atoms with Crippen LogP contribution in [0.15, 0.2) is 47.6 Å². The summed E-state index contributed by atoms with van der Waals surface area (Å²) in [7, 11) is 0. The molecule has 0 fully saturated rings. The summed E-state index contributed by atoms with van der Waals surface area (Å²) in [4.78, 5) is 0. The van der Waals surface area contributed by atoms with Crippen LogP contribution in [-0.2, 0) is 10.3 Å². The minimum Gasteiger partial charge on any atom is -0.508 e. The van der Waals surface area contributed by atoms with Crippen LogP contribution >= 0.6 is 0 Å². The molecule has 196 valence electrons. The highest BCUT2D eigenvalue weighted by Gasteiger charge is 2.42. The first-order valence-electron chi connectivity index (χ1n) is 13.4. The molecule has 0 bridgehead atoms. The molecule has 1 aliphatic rings. The number of unbranched alkanes of at least 4 members (excludes halogenated alkanes) is 7. The van der Waals surface area contributed by atoms with Crippen molar-refractivity contribution in [3.8, 4) is 5.75 Å². The summed E-state index contributed by atoms with van der Waals surface area (Å²) in [5, 5.41) is 29.5. The van der Waals surface area contributed by atoms with E-state index in [1.54, 1.807) is 24.3 Å². The topological polar surface area (TPSA) is 109 Å². The first-order chi connectivity index (χ1) is 16.8. The highest BCUT2D eigenvalue weighted by molar-refractivity contribution is 5.90. The van der Waals surface area contributed by atoms with Crippen molar-refractivity contribution in [2.45, 2.75) is 103 Å². The number of benzene rings is 1. The quantitative estimate of drug-likeness (QED) is 0.102. The van der Waals surface area contributed by atoms with Crippen LogP contribution in [0.4, 0.5) is 0 Å². The van der Waals surface area contributed by atoms with E-state index in [9.17, 15) is 10.2 Å². The van der Waals surface area contributed by atoms with Gasteiger partial charge in [-0.25, -0.2) is 0 Å². The van der Waals surface area contributed by atoms with Crippen molar-refractivity contribution in [3.63, 3.8) is 0 Å². The molecule has 0 aliphatic carbocycles. The number of aliphatic hydroxyl groups excluding tert-OH is 2. The van der Waals surface area contributed by atoms with Gasteiger partial charge in [0, 0.05) is 11.6 Å². The first kappa shape index (κ1) is 28.6. The predicted octanol–water partition coefficient (Wildman–Crippen LogP) is 7.80. The van der Waals surface area contributed by atoms with Gasteiger partial charge in [-0.3, -0.25) is 5.41 Å². The Morgan fingerprint density at radius 3 is 2.29 bits per heavy atom. The molecule has 0 spiro atoms. The second-order valence-electron chi connectivity index (χ2n) is 9.82. The largest absolute Gasteiger partial charge is 0.508 e. The second-order valence-corrected chi connectivity index (χ2v) is 9.82. The molecule has 0 aromatic heterocycles. The zero-order valence-corrected chi connectivity index (χ0v) is 21.9. The molecule has 1 aromatic carbocycles. The predicted molar refractivity (Wildman–Crippen MR) is 143 cm³/mol. The number of nitrogens with two attached hydrogens (primary N) is 1. The molecule has 2 rings (SSSR count). The molecule has 1 heterocycles. The maximum atomic E-state index is 10.7. The molecule has 0 radical (unpaired) electrons. The molecule has 35 heavy (non-hydrogen) atoms. The van der Waals surface area contributed by atoms with Crippen molar-refractivity contribution in [2.24, 2.45) is 11.7 Å². The van der Waals surface area contributed by atoms with E-state index >= 15 is 0 Å². The second kappa shape index (κ2) is 14.7. The van der Waals surface area contributed by atoms with E-state index in [0.29, 0.717) is 24.2 Å². The van der Waals surface area contributed by atoms with Crippen LogP contribution in [0.3, 0.4) is 0 Å². The van der Waals surface area contributed by atoms with E-state index in [4.69, 9.17) is 20.6 Å². The minimum absolute atomic E-state index is 0.0878. The van der Waals surface area contributed by atoms with Crippen molar-refractivity contribution in [1.29, 1.82) is 5.41 Å². The zero-order chi connectivity index (χ0) is 25.7. The molecule has 0 saturated carbocycles. The van der Waals surface area contributed by atoms with Crippen molar-refractivity contribution < 1.29 is 19.7 Å². The Balaban J connectivity index is 1.95. The lowest BCUT2D eigenvalue weighted by molar-refractivity contribution is 0.00616. The van der Waals surface area contributed by atoms with Crippen LogP contribution < -0.4 is 10.5 Å². The van der Waals surface area contributed by atoms with Gasteiger partial charge in [0.1, 0.15) is 17.3 Å². The number of amidine groups is 1. The third kappa shape index (κ3) is 8.52. The summed E-state index contributed by atoms with van der Waals surface area (Å²) in [5.74, 6) is 0.737. The van der Waals surface area contributed by atoms with Gasteiger partial charge in [-0.15, -0.1) is 0 Å². The monoisotopic (exact) mass is 486 g/mol. The number of hydrogen-bond acceptors (Lipinski definition) is 5. The highest BCUT2D eigenvalue weighted by Crippen LogP contribution is 2.38. The summed E-state index contributed by atoms with van der Waals surface area (Å²) in [6.45, 7) is 7.36. The zero-order valence-electron chi connectivity index (χ0n) is 21.9. The van der Waals surface area contributed by atoms with Crippen LogP contribution in [0.25, 0.3) is 0 Å². The lowest BCUT2D eigenvalue weighted by atomic mass is 9.88. The molecular weight excluding hydrogens is 440 g/mol. The standard InChI is InChI=1S/C29H46N2O4/c1-4-6-7-8-9-12-15-25-26(32)21-29(28(30)31,35-27(25)33)23-16-18-24(19-17-23)34-20-13-10-11-14-22(3)5-2/h16-19,21-22,32-33H,4-15,20H2,1-3H3,(H3,30,31)/t22?,29-/m0/s1. The molecule has 2 atom stereocenters. The molecule has 0 amide bonds. The van der Waals surface area contributed by atoms with Gasteiger partial charge in [0.15, 0.2) is 0 Å². The van der Waals surface area contributed by atoms with Gasteiger partial charge < -0.3 is 25.4 Å².